The van der Waals surface area contributed by atoms with Crippen molar-refractivity contribution in [1.82, 2.24) is 4.98 Å². The molecular weight excluding hydrogens is 277 g/mol. The summed E-state index contributed by atoms with van der Waals surface area (Å²) in [6.07, 6.45) is 0. The lowest BCUT2D eigenvalue weighted by Gasteiger charge is -2.01. The second-order valence-corrected chi connectivity index (χ2v) is 5.62. The van der Waals surface area contributed by atoms with Crippen molar-refractivity contribution in [2.45, 2.75) is 13.8 Å². The van der Waals surface area contributed by atoms with Gasteiger partial charge in [0.15, 0.2) is 0 Å². The molecule has 0 fully saturated rings. The zero-order valence-electron chi connectivity index (χ0n) is 9.25. The van der Waals surface area contributed by atoms with Crippen LogP contribution in [0.1, 0.15) is 25.9 Å². The highest BCUT2D eigenvalue weighted by Crippen LogP contribution is 2.26. The van der Waals surface area contributed by atoms with Crippen LogP contribution in [0.15, 0.2) is 18.2 Å². The lowest BCUT2D eigenvalue weighted by molar-refractivity contribution is 0.104. The molecular formula is C12H9Cl2NOS. The number of aromatic nitrogens is 1. The third kappa shape index (κ3) is 2.51. The fourth-order valence-corrected chi connectivity index (χ4v) is 2.69. The maximum Gasteiger partial charge on any atom is 0.204 e. The van der Waals surface area contributed by atoms with Gasteiger partial charge in [-0.1, -0.05) is 23.2 Å². The zero-order chi connectivity index (χ0) is 12.6. The third-order valence-corrected chi connectivity index (χ3v) is 4.10. The van der Waals surface area contributed by atoms with E-state index in [1.807, 2.05) is 13.8 Å². The summed E-state index contributed by atoms with van der Waals surface area (Å²) in [7, 11) is 0. The summed E-state index contributed by atoms with van der Waals surface area (Å²) in [4.78, 5) is 17.1. The van der Waals surface area contributed by atoms with Gasteiger partial charge in [0.25, 0.3) is 0 Å². The van der Waals surface area contributed by atoms with Gasteiger partial charge in [0.05, 0.1) is 25.6 Å². The van der Waals surface area contributed by atoms with Crippen LogP contribution in [0.2, 0.25) is 10.0 Å². The van der Waals surface area contributed by atoms with Crippen LogP contribution in [0, 0.1) is 13.8 Å². The van der Waals surface area contributed by atoms with Crippen molar-refractivity contribution in [2.75, 3.05) is 0 Å². The third-order valence-electron chi connectivity index (χ3n) is 2.29. The van der Waals surface area contributed by atoms with Gasteiger partial charge in [0, 0.05) is 5.56 Å². The first-order chi connectivity index (χ1) is 7.99. The predicted octanol–water partition coefficient (Wildman–Crippen LogP) is 4.30. The van der Waals surface area contributed by atoms with E-state index in [4.69, 9.17) is 23.2 Å². The molecule has 88 valence electrons. The highest BCUT2D eigenvalue weighted by Gasteiger charge is 2.16. The number of halogens is 2. The van der Waals surface area contributed by atoms with Gasteiger partial charge in [0.1, 0.15) is 0 Å². The Morgan fingerprint density at radius 2 is 1.94 bits per heavy atom. The molecule has 0 unspecified atom stereocenters. The SMILES string of the molecule is Cc1nc(C)c(C(=O)c2ccc(Cl)c(Cl)c2)s1. The van der Waals surface area contributed by atoms with Gasteiger partial charge < -0.3 is 0 Å². The molecule has 0 bridgehead atoms. The van der Waals surface area contributed by atoms with E-state index >= 15 is 0 Å². The molecule has 0 N–H and O–H groups in total. The van der Waals surface area contributed by atoms with Gasteiger partial charge in [-0.15, -0.1) is 11.3 Å². The average Bonchev–Trinajstić information content (AvgIpc) is 2.61. The van der Waals surface area contributed by atoms with E-state index in [-0.39, 0.29) is 5.78 Å². The molecule has 0 aliphatic rings. The molecule has 2 nitrogen and oxygen atoms in total. The van der Waals surface area contributed by atoms with Crippen molar-refractivity contribution in [3.63, 3.8) is 0 Å². The zero-order valence-corrected chi connectivity index (χ0v) is 11.6. The van der Waals surface area contributed by atoms with Crippen LogP contribution >= 0.6 is 34.5 Å². The molecule has 1 heterocycles. The molecule has 0 aliphatic carbocycles. The summed E-state index contributed by atoms with van der Waals surface area (Å²) in [5.41, 5.74) is 1.29. The molecule has 1 aromatic heterocycles. The van der Waals surface area contributed by atoms with Crippen molar-refractivity contribution >= 4 is 40.3 Å². The Balaban J connectivity index is 2.44. The van der Waals surface area contributed by atoms with Gasteiger partial charge in [0.2, 0.25) is 5.78 Å². The van der Waals surface area contributed by atoms with Gasteiger partial charge in [-0.25, -0.2) is 4.98 Å². The van der Waals surface area contributed by atoms with E-state index in [9.17, 15) is 4.79 Å². The number of thiazole rings is 1. The maximum absolute atomic E-state index is 12.2. The summed E-state index contributed by atoms with van der Waals surface area (Å²) >= 11 is 13.1. The number of carbonyl (C=O) groups is 1. The lowest BCUT2D eigenvalue weighted by atomic mass is 10.1. The highest BCUT2D eigenvalue weighted by molar-refractivity contribution is 7.14. The second-order valence-electron chi connectivity index (χ2n) is 3.61. The van der Waals surface area contributed by atoms with Crippen molar-refractivity contribution in [1.29, 1.82) is 0 Å². The maximum atomic E-state index is 12.2. The summed E-state index contributed by atoms with van der Waals surface area (Å²) < 4.78 is 0. The Morgan fingerprint density at radius 3 is 2.47 bits per heavy atom. The normalized spacial score (nSPS) is 10.6. The quantitative estimate of drug-likeness (QED) is 0.770. The van der Waals surface area contributed by atoms with E-state index in [2.05, 4.69) is 4.98 Å². The largest absolute Gasteiger partial charge is 0.288 e. The summed E-state index contributed by atoms with van der Waals surface area (Å²) in [6.45, 7) is 3.71. The van der Waals surface area contributed by atoms with E-state index in [1.165, 1.54) is 11.3 Å². The van der Waals surface area contributed by atoms with E-state index in [0.717, 1.165) is 10.7 Å². The molecule has 2 rings (SSSR count). The minimum Gasteiger partial charge on any atom is -0.288 e. The van der Waals surface area contributed by atoms with Gasteiger partial charge in [-0.3, -0.25) is 4.79 Å². The number of hydrogen-bond donors (Lipinski definition) is 0. The Bertz CT molecular complexity index is 592. The molecule has 0 atom stereocenters. The van der Waals surface area contributed by atoms with Crippen LogP contribution < -0.4 is 0 Å². The minimum absolute atomic E-state index is 0.0633. The smallest absolute Gasteiger partial charge is 0.204 e. The second kappa shape index (κ2) is 4.77. The highest BCUT2D eigenvalue weighted by atomic mass is 35.5. The summed E-state index contributed by atoms with van der Waals surface area (Å²) in [5.74, 6) is -0.0633. The summed E-state index contributed by atoms with van der Waals surface area (Å²) in [5, 5.41) is 1.71. The number of ketones is 1. The standard InChI is InChI=1S/C12H9Cl2NOS/c1-6-12(17-7(2)15-6)11(16)8-3-4-9(13)10(14)5-8/h3-5H,1-2H3. The van der Waals surface area contributed by atoms with Crippen LogP contribution in [0.5, 0.6) is 0 Å². The first kappa shape index (κ1) is 12.6. The Labute approximate surface area is 113 Å². The van der Waals surface area contributed by atoms with Crippen LogP contribution in [0.25, 0.3) is 0 Å². The molecule has 0 saturated heterocycles. The number of carbonyl (C=O) groups excluding carboxylic acids is 1. The molecule has 1 aromatic carbocycles. The molecule has 0 spiro atoms. The van der Waals surface area contributed by atoms with Crippen molar-refractivity contribution in [2.24, 2.45) is 0 Å². The van der Waals surface area contributed by atoms with Crippen molar-refractivity contribution in [3.8, 4) is 0 Å². The van der Waals surface area contributed by atoms with E-state index < -0.39 is 0 Å². The Morgan fingerprint density at radius 1 is 1.24 bits per heavy atom. The van der Waals surface area contributed by atoms with Gasteiger partial charge in [-0.05, 0) is 32.0 Å². The molecule has 0 amide bonds. The van der Waals surface area contributed by atoms with E-state index in [1.54, 1.807) is 18.2 Å². The lowest BCUT2D eigenvalue weighted by Crippen LogP contribution is -2.00. The van der Waals surface area contributed by atoms with Crippen molar-refractivity contribution < 1.29 is 4.79 Å². The first-order valence-corrected chi connectivity index (χ1v) is 6.50. The van der Waals surface area contributed by atoms with Crippen LogP contribution in [0.4, 0.5) is 0 Å². The number of nitrogens with zero attached hydrogens (tertiary/aromatic N) is 1. The molecule has 2 aromatic rings. The molecule has 0 radical (unpaired) electrons. The first-order valence-electron chi connectivity index (χ1n) is 4.93. The molecule has 0 aliphatic heterocycles. The molecule has 5 heteroatoms. The molecule has 0 saturated carbocycles. The van der Waals surface area contributed by atoms with Crippen LogP contribution in [0.3, 0.4) is 0 Å². The fourth-order valence-electron chi connectivity index (χ4n) is 1.51. The Hall–Kier alpha value is -0.900. The van der Waals surface area contributed by atoms with Gasteiger partial charge in [-0.2, -0.15) is 0 Å². The van der Waals surface area contributed by atoms with Crippen molar-refractivity contribution in [3.05, 3.63) is 49.4 Å². The fraction of sp³-hybridized carbons (Fsp3) is 0.167. The number of aryl methyl sites for hydroxylation is 2. The number of rotatable bonds is 2. The van der Waals surface area contributed by atoms with Gasteiger partial charge >= 0.3 is 0 Å². The van der Waals surface area contributed by atoms with E-state index in [0.29, 0.717) is 20.5 Å². The monoisotopic (exact) mass is 285 g/mol. The average molecular weight is 286 g/mol. The Kier molecular flexibility index (Phi) is 3.52. The predicted molar refractivity (Wildman–Crippen MR) is 71.5 cm³/mol. The van der Waals surface area contributed by atoms with Crippen LogP contribution in [-0.2, 0) is 0 Å². The van der Waals surface area contributed by atoms with Crippen LogP contribution in [-0.4, -0.2) is 10.8 Å². The number of hydrogen-bond acceptors (Lipinski definition) is 3. The number of benzene rings is 1. The summed E-state index contributed by atoms with van der Waals surface area (Å²) in [6, 6.07) is 4.88. The minimum atomic E-state index is -0.0633. The molecule has 17 heavy (non-hydrogen) atoms. The topological polar surface area (TPSA) is 30.0 Å².